The Morgan fingerprint density at radius 1 is 1.53 bits per heavy atom. The second kappa shape index (κ2) is 4.12. The third-order valence-electron chi connectivity index (χ3n) is 2.40. The van der Waals surface area contributed by atoms with Crippen molar-refractivity contribution >= 4 is 17.6 Å². The van der Waals surface area contributed by atoms with E-state index in [0.29, 0.717) is 30.5 Å². The zero-order valence-corrected chi connectivity index (χ0v) is 8.68. The van der Waals surface area contributed by atoms with Gasteiger partial charge >= 0.3 is 5.97 Å². The second-order valence-corrected chi connectivity index (χ2v) is 3.88. The van der Waals surface area contributed by atoms with E-state index >= 15 is 0 Å². The van der Waals surface area contributed by atoms with Crippen molar-refractivity contribution in [2.45, 2.75) is 6.54 Å². The number of rotatable bonds is 3. The number of halogens is 1. The fraction of sp³-hybridized carbons (Fsp3) is 0.444. The number of aromatic nitrogens is 2. The Labute approximate surface area is 91.7 Å². The molecule has 2 heterocycles. The van der Waals surface area contributed by atoms with Crippen LogP contribution in [0, 0.1) is 5.92 Å². The van der Waals surface area contributed by atoms with Gasteiger partial charge in [0.15, 0.2) is 5.15 Å². The summed E-state index contributed by atoms with van der Waals surface area (Å²) in [6, 6.07) is 0. The van der Waals surface area contributed by atoms with Crippen molar-refractivity contribution in [1.29, 1.82) is 0 Å². The summed E-state index contributed by atoms with van der Waals surface area (Å²) in [6.07, 6.45) is 3.11. The van der Waals surface area contributed by atoms with Crippen LogP contribution in [0.4, 0.5) is 0 Å². The molecule has 0 unspecified atom stereocenters. The van der Waals surface area contributed by atoms with Gasteiger partial charge in [-0.25, -0.2) is 4.98 Å². The van der Waals surface area contributed by atoms with Crippen molar-refractivity contribution in [1.82, 2.24) is 14.9 Å². The first kappa shape index (κ1) is 10.3. The summed E-state index contributed by atoms with van der Waals surface area (Å²) in [6.45, 7) is 1.68. The average Bonchev–Trinajstić information content (AvgIpc) is 2.12. The van der Waals surface area contributed by atoms with Crippen LogP contribution in [0.25, 0.3) is 0 Å². The number of nitrogens with zero attached hydrogens (tertiary/aromatic N) is 3. The van der Waals surface area contributed by atoms with Crippen molar-refractivity contribution in [3.8, 4) is 0 Å². The first-order chi connectivity index (χ1) is 7.16. The Kier molecular flexibility index (Phi) is 2.83. The van der Waals surface area contributed by atoms with Crippen molar-refractivity contribution in [3.05, 3.63) is 23.2 Å². The topological polar surface area (TPSA) is 66.3 Å². The van der Waals surface area contributed by atoms with Crippen LogP contribution < -0.4 is 0 Å². The molecule has 0 aliphatic carbocycles. The van der Waals surface area contributed by atoms with E-state index in [1.54, 1.807) is 6.20 Å². The Hall–Kier alpha value is -1.20. The Balaban J connectivity index is 1.90. The Morgan fingerprint density at radius 3 is 2.80 bits per heavy atom. The monoisotopic (exact) mass is 227 g/mol. The summed E-state index contributed by atoms with van der Waals surface area (Å²) in [4.78, 5) is 20.5. The normalized spacial score (nSPS) is 17.4. The highest BCUT2D eigenvalue weighted by Crippen LogP contribution is 2.20. The molecule has 6 heteroatoms. The van der Waals surface area contributed by atoms with Gasteiger partial charge in [0.1, 0.15) is 0 Å². The number of carboxylic acid groups (broad SMARTS) is 1. The van der Waals surface area contributed by atoms with Gasteiger partial charge in [0.2, 0.25) is 0 Å². The molecule has 2 rings (SSSR count). The van der Waals surface area contributed by atoms with Crippen molar-refractivity contribution in [2.24, 2.45) is 5.92 Å². The van der Waals surface area contributed by atoms with Gasteiger partial charge in [-0.2, -0.15) is 0 Å². The van der Waals surface area contributed by atoms with E-state index in [9.17, 15) is 4.79 Å². The highest BCUT2D eigenvalue weighted by Gasteiger charge is 2.32. The Morgan fingerprint density at radius 2 is 2.20 bits per heavy atom. The second-order valence-electron chi connectivity index (χ2n) is 3.52. The molecule has 1 aromatic rings. The van der Waals surface area contributed by atoms with Crippen LogP contribution in [0.3, 0.4) is 0 Å². The summed E-state index contributed by atoms with van der Waals surface area (Å²) in [5.41, 5.74) is 0.697. The van der Waals surface area contributed by atoms with Gasteiger partial charge in [0, 0.05) is 32.0 Å². The molecule has 0 spiro atoms. The first-order valence-electron chi connectivity index (χ1n) is 4.57. The zero-order valence-electron chi connectivity index (χ0n) is 7.93. The molecular formula is C9H10ClN3O2. The zero-order chi connectivity index (χ0) is 10.8. The maximum absolute atomic E-state index is 10.6. The molecule has 0 bridgehead atoms. The van der Waals surface area contributed by atoms with Crippen LogP contribution in [0.15, 0.2) is 12.4 Å². The molecule has 0 amide bonds. The minimum absolute atomic E-state index is 0.250. The highest BCUT2D eigenvalue weighted by atomic mass is 35.5. The lowest BCUT2D eigenvalue weighted by Gasteiger charge is -2.36. The lowest BCUT2D eigenvalue weighted by molar-refractivity contribution is -0.147. The fourth-order valence-corrected chi connectivity index (χ4v) is 1.69. The van der Waals surface area contributed by atoms with Gasteiger partial charge in [-0.3, -0.25) is 14.7 Å². The summed E-state index contributed by atoms with van der Waals surface area (Å²) in [5.74, 6) is -0.989. The minimum Gasteiger partial charge on any atom is -0.481 e. The summed E-state index contributed by atoms with van der Waals surface area (Å²) in [7, 11) is 0. The van der Waals surface area contributed by atoms with Gasteiger partial charge in [-0.15, -0.1) is 0 Å². The van der Waals surface area contributed by atoms with Gasteiger partial charge in [0.05, 0.1) is 11.6 Å². The van der Waals surface area contributed by atoms with Crippen LogP contribution in [-0.4, -0.2) is 39.0 Å². The third kappa shape index (κ3) is 2.24. The number of hydrogen-bond donors (Lipinski definition) is 1. The van der Waals surface area contributed by atoms with Gasteiger partial charge in [0.25, 0.3) is 0 Å². The summed E-state index contributed by atoms with van der Waals surface area (Å²) < 4.78 is 0. The lowest BCUT2D eigenvalue weighted by atomic mass is 10.0. The highest BCUT2D eigenvalue weighted by molar-refractivity contribution is 6.29. The van der Waals surface area contributed by atoms with E-state index in [0.717, 1.165) is 0 Å². The molecule has 0 radical (unpaired) electrons. The third-order valence-corrected chi connectivity index (χ3v) is 2.72. The van der Waals surface area contributed by atoms with Crippen LogP contribution in [0.2, 0.25) is 5.15 Å². The molecular weight excluding hydrogens is 218 g/mol. The summed E-state index contributed by atoms with van der Waals surface area (Å²) in [5, 5.41) is 9.08. The molecule has 1 fully saturated rings. The van der Waals surface area contributed by atoms with Gasteiger partial charge in [-0.1, -0.05) is 11.6 Å². The standard InChI is InChI=1S/C9H10ClN3O2/c10-8-7(11-1-2-12-8)5-13-3-6(4-13)9(14)15/h1-2,6H,3-5H2,(H,14,15). The predicted octanol–water partition coefficient (Wildman–Crippen LogP) is 0.646. The molecule has 80 valence electrons. The fourth-order valence-electron chi connectivity index (χ4n) is 1.52. The molecule has 1 saturated heterocycles. The molecule has 1 aromatic heterocycles. The SMILES string of the molecule is O=C(O)C1CN(Cc2nccnc2Cl)C1. The quantitative estimate of drug-likeness (QED) is 0.821. The average molecular weight is 228 g/mol. The van der Waals surface area contributed by atoms with Crippen molar-refractivity contribution < 1.29 is 9.90 Å². The number of carbonyl (C=O) groups is 1. The van der Waals surface area contributed by atoms with Gasteiger partial charge < -0.3 is 5.11 Å². The molecule has 0 aromatic carbocycles. The Bertz CT molecular complexity index is 379. The maximum atomic E-state index is 10.6. The van der Waals surface area contributed by atoms with E-state index < -0.39 is 5.97 Å². The minimum atomic E-state index is -0.739. The number of aliphatic carboxylic acids is 1. The van der Waals surface area contributed by atoms with Gasteiger partial charge in [-0.05, 0) is 0 Å². The molecule has 15 heavy (non-hydrogen) atoms. The van der Waals surface area contributed by atoms with Crippen LogP contribution in [0.1, 0.15) is 5.69 Å². The van der Waals surface area contributed by atoms with E-state index in [4.69, 9.17) is 16.7 Å². The molecule has 5 nitrogen and oxygen atoms in total. The smallest absolute Gasteiger partial charge is 0.309 e. The van der Waals surface area contributed by atoms with E-state index in [-0.39, 0.29) is 5.92 Å². The van der Waals surface area contributed by atoms with Crippen LogP contribution in [-0.2, 0) is 11.3 Å². The molecule has 0 atom stereocenters. The predicted molar refractivity (Wildman–Crippen MR) is 53.4 cm³/mol. The van der Waals surface area contributed by atoms with Crippen molar-refractivity contribution in [2.75, 3.05) is 13.1 Å². The molecule has 1 aliphatic heterocycles. The maximum Gasteiger partial charge on any atom is 0.309 e. The molecule has 1 N–H and O–H groups in total. The number of likely N-dealkylation sites (tertiary alicyclic amines) is 1. The van der Waals surface area contributed by atoms with Crippen LogP contribution >= 0.6 is 11.6 Å². The van der Waals surface area contributed by atoms with Crippen LogP contribution in [0.5, 0.6) is 0 Å². The lowest BCUT2D eigenvalue weighted by Crippen LogP contribution is -2.49. The molecule has 0 saturated carbocycles. The largest absolute Gasteiger partial charge is 0.481 e. The van der Waals surface area contributed by atoms with E-state index in [1.165, 1.54) is 6.20 Å². The van der Waals surface area contributed by atoms with Crippen molar-refractivity contribution in [3.63, 3.8) is 0 Å². The number of hydrogen-bond acceptors (Lipinski definition) is 4. The molecule has 1 aliphatic rings. The van der Waals surface area contributed by atoms with E-state index in [2.05, 4.69) is 9.97 Å². The van der Waals surface area contributed by atoms with E-state index in [1.807, 2.05) is 4.90 Å². The summed E-state index contributed by atoms with van der Waals surface area (Å²) >= 11 is 5.83. The number of carboxylic acids is 1. The first-order valence-corrected chi connectivity index (χ1v) is 4.95.